The Kier molecular flexibility index (Phi) is 3.42. The maximum Gasteiger partial charge on any atom is 0.271 e. The number of amides is 2. The number of carbonyl (C=O) groups excluding carboxylic acids is 2. The first-order chi connectivity index (χ1) is 15.6. The van der Waals surface area contributed by atoms with Crippen LogP contribution in [0.2, 0.25) is 0 Å². The summed E-state index contributed by atoms with van der Waals surface area (Å²) >= 11 is 0. The van der Waals surface area contributed by atoms with Crippen molar-refractivity contribution in [1.82, 2.24) is 0 Å². The number of nitrogens with zero attached hydrogens (tertiary/aromatic N) is 1. The first kappa shape index (κ1) is 18.1. The minimum atomic E-state index is -1.09. The number of benzene rings is 3. The Labute approximate surface area is 186 Å². The molecule has 32 heavy (non-hydrogen) atoms. The quantitative estimate of drug-likeness (QED) is 0.571. The van der Waals surface area contributed by atoms with E-state index in [9.17, 15) is 9.59 Å². The third-order valence-electron chi connectivity index (χ3n) is 7.73. The zero-order chi connectivity index (χ0) is 21.6. The third kappa shape index (κ3) is 1.97. The van der Waals surface area contributed by atoms with E-state index < -0.39 is 5.60 Å². The van der Waals surface area contributed by atoms with Gasteiger partial charge in [-0.2, -0.15) is 0 Å². The Morgan fingerprint density at radius 2 is 1.56 bits per heavy atom. The standard InChI is InChI=1S/C28H21NO3/c1-16(30)29-22-14-8-7-13-21(22)28(27(29)31)25-23-18-11-5-6-12-19(18)24(26(25)32-28)20(23)15-17-9-3-2-4-10-17/h2-15,23-26H,1H3/b20-15-/t23-,24+,25-,26+,28+/m1/s1. The summed E-state index contributed by atoms with van der Waals surface area (Å²) < 4.78 is 6.61. The number of hydrogen-bond donors (Lipinski definition) is 0. The molecule has 1 spiro atoms. The molecule has 2 heterocycles. The van der Waals surface area contributed by atoms with Gasteiger partial charge in [-0.05, 0) is 22.8 Å². The monoisotopic (exact) mass is 419 g/mol. The number of imide groups is 1. The molecule has 3 aromatic rings. The number of carbonyl (C=O) groups is 2. The zero-order valence-corrected chi connectivity index (χ0v) is 17.6. The predicted molar refractivity (Wildman–Crippen MR) is 121 cm³/mol. The molecule has 7 rings (SSSR count). The van der Waals surface area contributed by atoms with Gasteiger partial charge in [0.25, 0.3) is 5.91 Å². The summed E-state index contributed by atoms with van der Waals surface area (Å²) in [5.74, 6) is -0.292. The van der Waals surface area contributed by atoms with E-state index in [4.69, 9.17) is 4.74 Å². The fourth-order valence-corrected chi connectivity index (χ4v) is 6.67. The fourth-order valence-electron chi connectivity index (χ4n) is 6.67. The highest BCUT2D eigenvalue weighted by Gasteiger charge is 2.76. The second-order valence-corrected chi connectivity index (χ2v) is 9.16. The highest BCUT2D eigenvalue weighted by molar-refractivity contribution is 6.22. The summed E-state index contributed by atoms with van der Waals surface area (Å²) in [4.78, 5) is 27.5. The van der Waals surface area contributed by atoms with Gasteiger partial charge in [0.15, 0.2) is 5.60 Å². The molecule has 0 radical (unpaired) electrons. The maximum absolute atomic E-state index is 13.8. The van der Waals surface area contributed by atoms with Gasteiger partial charge in [0.2, 0.25) is 5.91 Å². The Morgan fingerprint density at radius 1 is 0.906 bits per heavy atom. The van der Waals surface area contributed by atoms with Gasteiger partial charge in [-0.25, -0.2) is 4.90 Å². The lowest BCUT2D eigenvalue weighted by molar-refractivity contribution is -0.251. The molecule has 0 aromatic heterocycles. The van der Waals surface area contributed by atoms with Crippen molar-refractivity contribution >= 4 is 23.6 Å². The Hall–Kier alpha value is -3.50. The smallest absolute Gasteiger partial charge is 0.271 e. The van der Waals surface area contributed by atoms with Crippen molar-refractivity contribution in [2.24, 2.45) is 5.92 Å². The minimum Gasteiger partial charge on any atom is -0.355 e. The van der Waals surface area contributed by atoms with Gasteiger partial charge in [-0.3, -0.25) is 9.59 Å². The van der Waals surface area contributed by atoms with E-state index in [1.807, 2.05) is 42.5 Å². The summed E-state index contributed by atoms with van der Waals surface area (Å²) in [5, 5.41) is 0. The largest absolute Gasteiger partial charge is 0.355 e. The van der Waals surface area contributed by atoms with E-state index in [-0.39, 0.29) is 35.7 Å². The topological polar surface area (TPSA) is 46.6 Å². The van der Waals surface area contributed by atoms with Crippen LogP contribution in [0.3, 0.4) is 0 Å². The number of rotatable bonds is 1. The summed E-state index contributed by atoms with van der Waals surface area (Å²) in [6.07, 6.45) is 2.22. The van der Waals surface area contributed by atoms with Crippen LogP contribution in [0.15, 0.2) is 84.4 Å². The first-order valence-corrected chi connectivity index (χ1v) is 11.1. The molecule has 4 nitrogen and oxygen atoms in total. The van der Waals surface area contributed by atoms with Crippen molar-refractivity contribution in [2.45, 2.75) is 30.5 Å². The average Bonchev–Trinajstić information content (AvgIpc) is 3.33. The molecule has 4 aliphatic rings. The molecule has 4 heteroatoms. The summed E-state index contributed by atoms with van der Waals surface area (Å²) in [6, 6.07) is 26.5. The van der Waals surface area contributed by atoms with Crippen LogP contribution in [0.5, 0.6) is 0 Å². The van der Waals surface area contributed by atoms with Crippen LogP contribution >= 0.6 is 0 Å². The molecule has 2 bridgehead atoms. The number of fused-ring (bicyclic) bond motifs is 11. The van der Waals surface area contributed by atoms with E-state index >= 15 is 0 Å². The summed E-state index contributed by atoms with van der Waals surface area (Å²) in [5.41, 5.74) is 5.46. The average molecular weight is 419 g/mol. The van der Waals surface area contributed by atoms with E-state index in [0.717, 1.165) is 11.1 Å². The molecular weight excluding hydrogens is 398 g/mol. The van der Waals surface area contributed by atoms with Crippen molar-refractivity contribution in [3.05, 3.63) is 107 Å². The van der Waals surface area contributed by atoms with E-state index in [0.29, 0.717) is 5.69 Å². The van der Waals surface area contributed by atoms with Crippen LogP contribution < -0.4 is 4.90 Å². The van der Waals surface area contributed by atoms with Gasteiger partial charge in [0.1, 0.15) is 0 Å². The van der Waals surface area contributed by atoms with Crippen molar-refractivity contribution in [2.75, 3.05) is 4.90 Å². The first-order valence-electron chi connectivity index (χ1n) is 11.1. The Bertz CT molecular complexity index is 1340. The van der Waals surface area contributed by atoms with E-state index in [1.165, 1.54) is 28.5 Å². The molecule has 3 aromatic carbocycles. The van der Waals surface area contributed by atoms with Crippen molar-refractivity contribution in [3.63, 3.8) is 0 Å². The molecule has 2 amide bonds. The highest BCUT2D eigenvalue weighted by atomic mass is 16.5. The van der Waals surface area contributed by atoms with Gasteiger partial charge in [0, 0.05) is 30.2 Å². The molecule has 1 saturated heterocycles. The van der Waals surface area contributed by atoms with Gasteiger partial charge in [-0.15, -0.1) is 0 Å². The van der Waals surface area contributed by atoms with Gasteiger partial charge in [-0.1, -0.05) is 84.4 Å². The van der Waals surface area contributed by atoms with Gasteiger partial charge in [0.05, 0.1) is 11.8 Å². The molecule has 156 valence electrons. The summed E-state index contributed by atoms with van der Waals surface area (Å²) in [6.45, 7) is 1.45. The second-order valence-electron chi connectivity index (χ2n) is 9.16. The number of anilines is 1. The lowest BCUT2D eigenvalue weighted by Gasteiger charge is -2.53. The fraction of sp³-hybridized carbons (Fsp3) is 0.214. The van der Waals surface area contributed by atoms with Gasteiger partial charge >= 0.3 is 0 Å². The summed E-state index contributed by atoms with van der Waals surface area (Å²) in [7, 11) is 0. The van der Waals surface area contributed by atoms with Crippen LogP contribution in [-0.2, 0) is 19.9 Å². The molecule has 0 unspecified atom stereocenters. The highest BCUT2D eigenvalue weighted by Crippen LogP contribution is 2.73. The van der Waals surface area contributed by atoms with Gasteiger partial charge < -0.3 is 4.74 Å². The van der Waals surface area contributed by atoms with E-state index in [1.54, 1.807) is 0 Å². The van der Waals surface area contributed by atoms with Crippen molar-refractivity contribution < 1.29 is 14.3 Å². The van der Waals surface area contributed by atoms with Crippen molar-refractivity contribution in [1.29, 1.82) is 0 Å². The van der Waals surface area contributed by atoms with E-state index in [2.05, 4.69) is 42.5 Å². The predicted octanol–water partition coefficient (Wildman–Crippen LogP) is 4.77. The lowest BCUT2D eigenvalue weighted by atomic mass is 9.65. The van der Waals surface area contributed by atoms with Crippen LogP contribution in [0.1, 0.15) is 41.0 Å². The second kappa shape index (κ2) is 6.05. The molecule has 5 atom stereocenters. The molecule has 1 saturated carbocycles. The number of ether oxygens (including phenoxy) is 1. The van der Waals surface area contributed by atoms with Crippen LogP contribution in [0, 0.1) is 5.92 Å². The molecule has 2 aliphatic heterocycles. The Morgan fingerprint density at radius 3 is 2.31 bits per heavy atom. The SMILES string of the molecule is CC(=O)N1C(=O)[C@]2(O[C@@H]3[C@H]2[C@H]2/C(=C/c4ccccc4)[C@@H]3c3ccccc32)c2ccccc21. The zero-order valence-electron chi connectivity index (χ0n) is 17.6. The number of hydrogen-bond acceptors (Lipinski definition) is 3. The molecule has 0 N–H and O–H groups in total. The minimum absolute atomic E-state index is 0.0182. The molecule has 2 fully saturated rings. The lowest BCUT2D eigenvalue weighted by Crippen LogP contribution is -2.64. The third-order valence-corrected chi connectivity index (χ3v) is 7.73. The normalized spacial score (nSPS) is 32.1. The molecule has 2 aliphatic carbocycles. The maximum atomic E-state index is 13.8. The van der Waals surface area contributed by atoms with Crippen LogP contribution in [0.25, 0.3) is 6.08 Å². The van der Waals surface area contributed by atoms with Crippen LogP contribution in [-0.4, -0.2) is 17.9 Å². The Balaban J connectivity index is 1.43. The van der Waals surface area contributed by atoms with Crippen molar-refractivity contribution in [3.8, 4) is 0 Å². The van der Waals surface area contributed by atoms with Crippen LogP contribution in [0.4, 0.5) is 5.69 Å². The molecular formula is C28H21NO3. The number of para-hydroxylation sites is 1.